The Bertz CT molecular complexity index is 1780. The highest BCUT2D eigenvalue weighted by Gasteiger charge is 2.30. The third-order valence-corrected chi connectivity index (χ3v) is 11.0. The molecule has 0 atom stereocenters. The maximum Gasteiger partial charge on any atom is 0.555 e. The van der Waals surface area contributed by atoms with Gasteiger partial charge in [-0.15, -0.1) is 22.7 Å². The van der Waals surface area contributed by atoms with Crippen molar-refractivity contribution in [2.24, 2.45) is 0 Å². The minimum absolute atomic E-state index is 0.0735. The summed E-state index contributed by atoms with van der Waals surface area (Å²) in [5.74, 6) is 0.462. The van der Waals surface area contributed by atoms with E-state index in [1.54, 1.807) is 28.4 Å². The molecule has 8 nitrogen and oxygen atoms in total. The lowest BCUT2D eigenvalue weighted by Gasteiger charge is -2.27. The molecule has 0 spiro atoms. The van der Waals surface area contributed by atoms with Gasteiger partial charge in [0.25, 0.3) is 5.91 Å². The first kappa shape index (κ1) is 29.7. The smallest absolute Gasteiger partial charge is 0.532 e. The van der Waals surface area contributed by atoms with Gasteiger partial charge in [-0.1, -0.05) is 42.5 Å². The fourth-order valence-corrected chi connectivity index (χ4v) is 8.17. The van der Waals surface area contributed by atoms with Crippen LogP contribution in [0.15, 0.2) is 65.6 Å². The van der Waals surface area contributed by atoms with Crippen LogP contribution < -0.4 is 4.65 Å². The van der Waals surface area contributed by atoms with Crippen LogP contribution in [0.5, 0.6) is 5.75 Å². The molecule has 2 amide bonds. The van der Waals surface area contributed by atoms with Crippen LogP contribution in [-0.2, 0) is 11.2 Å². The van der Waals surface area contributed by atoms with Crippen LogP contribution >= 0.6 is 22.7 Å². The van der Waals surface area contributed by atoms with Crippen LogP contribution in [0, 0.1) is 13.8 Å². The molecule has 2 aromatic carbocycles. The van der Waals surface area contributed by atoms with Gasteiger partial charge in [-0.2, -0.15) is 0 Å². The zero-order chi connectivity index (χ0) is 30.2. The van der Waals surface area contributed by atoms with Crippen molar-refractivity contribution >= 4 is 68.9 Å². The fraction of sp³-hybridized carbons (Fsp3) is 0.290. The number of nitrogens with zero attached hydrogens (tertiary/aromatic N) is 2. The van der Waals surface area contributed by atoms with Crippen molar-refractivity contribution in [3.05, 3.63) is 86.4 Å². The zero-order valence-electron chi connectivity index (χ0n) is 24.1. The molecule has 0 unspecified atom stereocenters. The third-order valence-electron chi connectivity index (χ3n) is 8.39. The van der Waals surface area contributed by atoms with E-state index in [1.807, 2.05) is 42.2 Å². The molecule has 4 heterocycles. The molecule has 0 saturated heterocycles. The lowest BCUT2D eigenvalue weighted by Crippen LogP contribution is -2.39. The molecule has 0 bridgehead atoms. The Morgan fingerprint density at radius 1 is 0.860 bits per heavy atom. The van der Waals surface area contributed by atoms with E-state index in [-0.39, 0.29) is 11.8 Å². The lowest BCUT2D eigenvalue weighted by molar-refractivity contribution is -0.130. The molecule has 2 aromatic heterocycles. The van der Waals surface area contributed by atoms with Crippen LogP contribution in [-0.4, -0.2) is 77.1 Å². The average molecular weight is 614 g/mol. The van der Waals surface area contributed by atoms with Crippen molar-refractivity contribution in [3.63, 3.8) is 0 Å². The van der Waals surface area contributed by atoms with Crippen LogP contribution in [0.2, 0.25) is 0 Å². The Morgan fingerprint density at radius 3 is 2.26 bits per heavy atom. The summed E-state index contributed by atoms with van der Waals surface area (Å²) in [5.41, 5.74) is 3.27. The van der Waals surface area contributed by atoms with Gasteiger partial charge in [0.2, 0.25) is 5.91 Å². The predicted octanol–water partition coefficient (Wildman–Crippen LogP) is 4.32. The van der Waals surface area contributed by atoms with Crippen molar-refractivity contribution in [2.75, 3.05) is 26.2 Å². The first-order valence-electron chi connectivity index (χ1n) is 14.4. The summed E-state index contributed by atoms with van der Waals surface area (Å²) < 4.78 is 8.03. The van der Waals surface area contributed by atoms with Crippen molar-refractivity contribution in [2.45, 2.75) is 33.1 Å². The second kappa shape index (κ2) is 12.3. The van der Waals surface area contributed by atoms with Gasteiger partial charge in [-0.05, 0) is 71.7 Å². The summed E-state index contributed by atoms with van der Waals surface area (Å²) in [6.45, 7) is 5.63. The second-order valence-corrected chi connectivity index (χ2v) is 13.2. The van der Waals surface area contributed by atoms with Gasteiger partial charge in [-0.25, -0.2) is 0 Å². The highest BCUT2D eigenvalue weighted by atomic mass is 32.1. The molecule has 6 rings (SSSR count). The van der Waals surface area contributed by atoms with Crippen molar-refractivity contribution in [1.29, 1.82) is 0 Å². The van der Waals surface area contributed by atoms with Crippen LogP contribution in [0.3, 0.4) is 0 Å². The molecule has 0 saturated carbocycles. The van der Waals surface area contributed by atoms with Gasteiger partial charge in [0.15, 0.2) is 0 Å². The Labute approximate surface area is 258 Å². The molecule has 4 aromatic rings. The van der Waals surface area contributed by atoms with Gasteiger partial charge in [-0.3, -0.25) is 9.59 Å². The number of carbonyl (C=O) groups is 2. The molecular formula is C31H32B2N2O6S2. The largest absolute Gasteiger partial charge is 0.555 e. The van der Waals surface area contributed by atoms with E-state index in [2.05, 4.69) is 19.1 Å². The summed E-state index contributed by atoms with van der Waals surface area (Å²) in [7, 11) is -2.65. The molecule has 2 aliphatic heterocycles. The molecule has 220 valence electrons. The number of hydrogen-bond donors (Lipinski definition) is 3. The maximum absolute atomic E-state index is 13.4. The maximum atomic E-state index is 13.4. The Balaban J connectivity index is 1.12. The second-order valence-electron chi connectivity index (χ2n) is 11.0. The molecule has 0 radical (unpaired) electrons. The average Bonchev–Trinajstić information content (AvgIpc) is 3.53. The van der Waals surface area contributed by atoms with E-state index in [4.69, 9.17) is 4.65 Å². The van der Waals surface area contributed by atoms with Gasteiger partial charge in [0.05, 0.1) is 16.0 Å². The third kappa shape index (κ3) is 5.90. The van der Waals surface area contributed by atoms with E-state index in [0.717, 1.165) is 31.6 Å². The summed E-state index contributed by atoms with van der Waals surface area (Å²) in [4.78, 5) is 31.7. The van der Waals surface area contributed by atoms with E-state index < -0.39 is 14.2 Å². The van der Waals surface area contributed by atoms with E-state index >= 15 is 0 Å². The quantitative estimate of drug-likeness (QED) is 0.268. The van der Waals surface area contributed by atoms with Crippen LogP contribution in [0.1, 0.15) is 38.5 Å². The number of fused-ring (bicyclic) bond motifs is 2. The predicted molar refractivity (Wildman–Crippen MR) is 174 cm³/mol. The van der Waals surface area contributed by atoms with Crippen LogP contribution in [0.4, 0.5) is 0 Å². The normalized spacial score (nSPS) is 15.5. The minimum Gasteiger partial charge on any atom is -0.532 e. The highest BCUT2D eigenvalue weighted by molar-refractivity contribution is 7.21. The van der Waals surface area contributed by atoms with Crippen molar-refractivity contribution in [1.82, 2.24) is 9.80 Å². The van der Waals surface area contributed by atoms with E-state index in [9.17, 15) is 24.7 Å². The number of amides is 2. The molecular weight excluding hydrogens is 582 g/mol. The molecule has 0 aliphatic carbocycles. The zero-order valence-corrected chi connectivity index (χ0v) is 25.7. The van der Waals surface area contributed by atoms with Crippen molar-refractivity contribution < 1.29 is 29.3 Å². The summed E-state index contributed by atoms with van der Waals surface area (Å²) in [6.07, 6.45) is 4.86. The number of rotatable bonds is 7. The van der Waals surface area contributed by atoms with Crippen LogP contribution in [0.25, 0.3) is 20.2 Å². The van der Waals surface area contributed by atoms with Crippen molar-refractivity contribution in [3.8, 4) is 5.75 Å². The summed E-state index contributed by atoms with van der Waals surface area (Å²) in [6, 6.07) is 13.8. The Kier molecular flexibility index (Phi) is 8.48. The highest BCUT2D eigenvalue weighted by Crippen LogP contribution is 2.38. The fourth-order valence-electron chi connectivity index (χ4n) is 5.74. The van der Waals surface area contributed by atoms with Gasteiger partial charge < -0.3 is 29.5 Å². The molecule has 2 aliphatic rings. The Hall–Kier alpha value is -3.41. The number of aryl methyl sites for hydroxylation is 2. The standard InChI is InChI=1S/C31H32B2N2O6S2/c1-19-23-6-3-4-9-26(23)42-27(19)18-28(36)34-14-12-22(13-15-34)33(40)41-25-8-5-7-24-20(2)29(43-30(24)25)31(37)35-16-10-21(11-17-35)32(38)39/h3-10,12,38-40H,11,13-18H2,1-2H3. The first-order valence-corrected chi connectivity index (χ1v) is 16.0. The number of carbonyl (C=O) groups excluding carboxylic acids is 2. The lowest BCUT2D eigenvalue weighted by atomic mass is 9.75. The summed E-state index contributed by atoms with van der Waals surface area (Å²) >= 11 is 3.01. The van der Waals surface area contributed by atoms with E-state index in [0.29, 0.717) is 61.5 Å². The Morgan fingerprint density at radius 2 is 1.56 bits per heavy atom. The molecule has 12 heteroatoms. The molecule has 0 fully saturated rings. The monoisotopic (exact) mass is 614 g/mol. The molecule has 43 heavy (non-hydrogen) atoms. The molecule has 3 N–H and O–H groups in total. The number of hydrogen-bond acceptors (Lipinski definition) is 8. The number of benzene rings is 2. The van der Waals surface area contributed by atoms with Gasteiger partial charge in [0, 0.05) is 35.8 Å². The minimum atomic E-state index is -1.49. The van der Waals surface area contributed by atoms with E-state index in [1.165, 1.54) is 21.4 Å². The summed E-state index contributed by atoms with van der Waals surface area (Å²) in [5, 5.41) is 31.9. The topological polar surface area (TPSA) is 111 Å². The SMILES string of the molecule is Cc1c(CC(=O)N2CC=C(B(O)Oc3cccc4c(C)c(C(=O)N5CC=C(B(O)O)CC5)sc34)CC2)sc2ccccc12. The number of thiophene rings is 2. The van der Waals surface area contributed by atoms with Gasteiger partial charge in [0.1, 0.15) is 5.75 Å². The first-order chi connectivity index (χ1) is 20.7. The van der Waals surface area contributed by atoms with Gasteiger partial charge >= 0.3 is 14.2 Å².